The number of hydrogen-bond donors (Lipinski definition) is 1. The highest BCUT2D eigenvalue weighted by Gasteiger charge is 2.11. The topological polar surface area (TPSA) is 37.8 Å². The molecule has 0 radical (unpaired) electrons. The van der Waals surface area contributed by atoms with Gasteiger partial charge in [0.15, 0.2) is 0 Å². The minimum absolute atomic E-state index is 0.637. The number of thioether (sulfide) groups is 1. The van der Waals surface area contributed by atoms with Gasteiger partial charge < -0.3 is 5.32 Å². The average molecular weight is 372 g/mol. The standard InChI is InChI=1S/C23H21N3S/c1-15-7-12-20-21(13-15)25-23(24-2)26-22(20)18-6-4-5-17(14-18)16-8-10-19(27-3)11-9-16/h4-14H,1-3H3,(H,24,25,26). The molecule has 4 rings (SSSR count). The van der Waals surface area contributed by atoms with Crippen LogP contribution in [0, 0.1) is 6.92 Å². The maximum absolute atomic E-state index is 4.76. The summed E-state index contributed by atoms with van der Waals surface area (Å²) in [4.78, 5) is 10.6. The number of aromatic nitrogens is 2. The van der Waals surface area contributed by atoms with Gasteiger partial charge in [-0.3, -0.25) is 0 Å². The molecule has 3 nitrogen and oxygen atoms in total. The summed E-state index contributed by atoms with van der Waals surface area (Å²) in [6.45, 7) is 2.08. The lowest BCUT2D eigenvalue weighted by Crippen LogP contribution is -1.99. The van der Waals surface area contributed by atoms with Crippen LogP contribution in [0.4, 0.5) is 5.95 Å². The third-order valence-corrected chi connectivity index (χ3v) is 5.38. The van der Waals surface area contributed by atoms with Crippen molar-refractivity contribution in [2.75, 3.05) is 18.6 Å². The Morgan fingerprint density at radius 1 is 0.815 bits per heavy atom. The summed E-state index contributed by atoms with van der Waals surface area (Å²) in [6.07, 6.45) is 2.09. The van der Waals surface area contributed by atoms with Gasteiger partial charge in [-0.25, -0.2) is 9.97 Å². The predicted molar refractivity (Wildman–Crippen MR) is 116 cm³/mol. The molecule has 0 saturated carbocycles. The van der Waals surface area contributed by atoms with Crippen molar-refractivity contribution in [2.45, 2.75) is 11.8 Å². The van der Waals surface area contributed by atoms with E-state index in [1.165, 1.54) is 21.6 Å². The lowest BCUT2D eigenvalue weighted by atomic mass is 9.99. The molecule has 1 heterocycles. The van der Waals surface area contributed by atoms with E-state index in [-0.39, 0.29) is 0 Å². The molecule has 0 unspecified atom stereocenters. The van der Waals surface area contributed by atoms with Crippen LogP contribution < -0.4 is 5.32 Å². The van der Waals surface area contributed by atoms with E-state index in [0.29, 0.717) is 5.95 Å². The monoisotopic (exact) mass is 371 g/mol. The van der Waals surface area contributed by atoms with E-state index in [1.807, 2.05) is 7.05 Å². The number of aryl methyl sites for hydroxylation is 1. The molecule has 4 aromatic rings. The van der Waals surface area contributed by atoms with Gasteiger partial charge in [-0.1, -0.05) is 42.5 Å². The highest BCUT2D eigenvalue weighted by molar-refractivity contribution is 7.98. The molecule has 0 aliphatic carbocycles. The number of rotatable bonds is 4. The highest BCUT2D eigenvalue weighted by Crippen LogP contribution is 2.31. The Morgan fingerprint density at radius 3 is 2.33 bits per heavy atom. The van der Waals surface area contributed by atoms with E-state index in [1.54, 1.807) is 11.8 Å². The van der Waals surface area contributed by atoms with Gasteiger partial charge in [0.05, 0.1) is 11.2 Å². The second-order valence-electron chi connectivity index (χ2n) is 6.48. The number of benzene rings is 3. The van der Waals surface area contributed by atoms with Crippen molar-refractivity contribution in [1.29, 1.82) is 0 Å². The first kappa shape index (κ1) is 17.6. The molecule has 0 atom stereocenters. The fraction of sp³-hybridized carbons (Fsp3) is 0.130. The molecular weight excluding hydrogens is 350 g/mol. The maximum Gasteiger partial charge on any atom is 0.223 e. The van der Waals surface area contributed by atoms with E-state index in [9.17, 15) is 0 Å². The van der Waals surface area contributed by atoms with Crippen LogP contribution in [-0.4, -0.2) is 23.3 Å². The SMILES string of the molecule is CNc1nc(-c2cccc(-c3ccc(SC)cc3)c2)c2ccc(C)cc2n1. The largest absolute Gasteiger partial charge is 0.357 e. The molecule has 0 aliphatic rings. The summed E-state index contributed by atoms with van der Waals surface area (Å²) < 4.78 is 0. The molecule has 1 aromatic heterocycles. The van der Waals surface area contributed by atoms with Crippen molar-refractivity contribution < 1.29 is 0 Å². The second-order valence-corrected chi connectivity index (χ2v) is 7.36. The number of hydrogen-bond acceptors (Lipinski definition) is 4. The molecule has 1 N–H and O–H groups in total. The maximum atomic E-state index is 4.76. The zero-order valence-electron chi connectivity index (χ0n) is 15.7. The normalized spacial score (nSPS) is 10.9. The Morgan fingerprint density at radius 2 is 1.59 bits per heavy atom. The summed E-state index contributed by atoms with van der Waals surface area (Å²) in [5.41, 5.74) is 6.58. The van der Waals surface area contributed by atoms with Crippen molar-refractivity contribution in [3.05, 3.63) is 72.3 Å². The Bertz CT molecular complexity index is 1100. The van der Waals surface area contributed by atoms with Gasteiger partial charge >= 0.3 is 0 Å². The molecule has 0 bridgehead atoms. The number of anilines is 1. The van der Waals surface area contributed by atoms with Crippen LogP contribution in [0.15, 0.2) is 71.6 Å². The summed E-state index contributed by atoms with van der Waals surface area (Å²) in [7, 11) is 1.85. The molecule has 0 aliphatic heterocycles. The van der Waals surface area contributed by atoms with Crippen LogP contribution in [0.2, 0.25) is 0 Å². The van der Waals surface area contributed by atoms with Crippen molar-refractivity contribution in [1.82, 2.24) is 9.97 Å². The van der Waals surface area contributed by atoms with Crippen molar-refractivity contribution >= 4 is 28.6 Å². The number of nitrogens with one attached hydrogen (secondary N) is 1. The third-order valence-electron chi connectivity index (χ3n) is 4.64. The van der Waals surface area contributed by atoms with Crippen LogP contribution in [0.25, 0.3) is 33.3 Å². The van der Waals surface area contributed by atoms with Crippen LogP contribution >= 0.6 is 11.8 Å². The fourth-order valence-corrected chi connectivity index (χ4v) is 3.61. The van der Waals surface area contributed by atoms with Gasteiger partial charge in [-0.2, -0.15) is 0 Å². The summed E-state index contributed by atoms with van der Waals surface area (Å²) in [6, 6.07) is 23.5. The second kappa shape index (κ2) is 7.41. The van der Waals surface area contributed by atoms with Crippen molar-refractivity contribution in [3.63, 3.8) is 0 Å². The molecule has 4 heteroatoms. The minimum Gasteiger partial charge on any atom is -0.357 e. The van der Waals surface area contributed by atoms with Gasteiger partial charge in [0.25, 0.3) is 0 Å². The smallest absolute Gasteiger partial charge is 0.223 e. The lowest BCUT2D eigenvalue weighted by molar-refractivity contribution is 1.19. The Balaban J connectivity index is 1.86. The van der Waals surface area contributed by atoms with Gasteiger partial charge in [-0.15, -0.1) is 11.8 Å². The van der Waals surface area contributed by atoms with Gasteiger partial charge in [0.1, 0.15) is 0 Å². The van der Waals surface area contributed by atoms with E-state index in [0.717, 1.165) is 22.2 Å². The van der Waals surface area contributed by atoms with E-state index >= 15 is 0 Å². The van der Waals surface area contributed by atoms with Gasteiger partial charge in [0.2, 0.25) is 5.95 Å². The van der Waals surface area contributed by atoms with E-state index < -0.39 is 0 Å². The van der Waals surface area contributed by atoms with Crippen LogP contribution in [0.5, 0.6) is 0 Å². The molecule has 0 fully saturated rings. The van der Waals surface area contributed by atoms with Crippen LogP contribution in [-0.2, 0) is 0 Å². The first-order valence-electron chi connectivity index (χ1n) is 8.89. The zero-order valence-corrected chi connectivity index (χ0v) is 16.5. The minimum atomic E-state index is 0.637. The van der Waals surface area contributed by atoms with E-state index in [2.05, 4.69) is 90.2 Å². The van der Waals surface area contributed by atoms with Crippen molar-refractivity contribution in [3.8, 4) is 22.4 Å². The lowest BCUT2D eigenvalue weighted by Gasteiger charge is -2.11. The summed E-state index contributed by atoms with van der Waals surface area (Å²) in [5.74, 6) is 0.637. The molecule has 3 aromatic carbocycles. The Labute approximate surface area is 163 Å². The van der Waals surface area contributed by atoms with Gasteiger partial charge in [0, 0.05) is 22.9 Å². The molecule has 27 heavy (non-hydrogen) atoms. The van der Waals surface area contributed by atoms with Crippen molar-refractivity contribution in [2.24, 2.45) is 0 Å². The van der Waals surface area contributed by atoms with E-state index in [4.69, 9.17) is 4.98 Å². The van der Waals surface area contributed by atoms with Crippen LogP contribution in [0.3, 0.4) is 0 Å². The highest BCUT2D eigenvalue weighted by atomic mass is 32.2. The Hall–Kier alpha value is -2.85. The fourth-order valence-electron chi connectivity index (χ4n) is 3.20. The number of nitrogens with zero attached hydrogens (tertiary/aromatic N) is 2. The molecular formula is C23H21N3S. The first-order chi connectivity index (χ1) is 13.2. The number of fused-ring (bicyclic) bond motifs is 1. The third kappa shape index (κ3) is 3.53. The van der Waals surface area contributed by atoms with Crippen LogP contribution in [0.1, 0.15) is 5.56 Å². The molecule has 0 saturated heterocycles. The summed E-state index contributed by atoms with van der Waals surface area (Å²) >= 11 is 1.76. The summed E-state index contributed by atoms with van der Waals surface area (Å²) in [5, 5.41) is 4.15. The first-order valence-corrected chi connectivity index (χ1v) is 10.1. The predicted octanol–water partition coefficient (Wildman–Crippen LogP) is 6.04. The molecule has 134 valence electrons. The van der Waals surface area contributed by atoms with Gasteiger partial charge in [-0.05, 0) is 54.1 Å². The zero-order chi connectivity index (χ0) is 18.8. The quantitative estimate of drug-likeness (QED) is 0.444. The Kier molecular flexibility index (Phi) is 4.82. The molecule has 0 spiro atoms. The average Bonchev–Trinajstić information content (AvgIpc) is 2.72. The molecule has 0 amide bonds.